The second kappa shape index (κ2) is 6.34. The van der Waals surface area contributed by atoms with E-state index in [9.17, 15) is 0 Å². The molecule has 0 spiro atoms. The van der Waals surface area contributed by atoms with Crippen molar-refractivity contribution in [3.05, 3.63) is 11.3 Å². The normalized spacial score (nSPS) is 26.0. The number of likely N-dealkylation sites (N-methyl/N-ethyl adjacent to an activating group) is 1. The Balaban J connectivity index is 2.32. The van der Waals surface area contributed by atoms with Gasteiger partial charge in [-0.15, -0.1) is 0 Å². The van der Waals surface area contributed by atoms with Gasteiger partial charge in [0, 0.05) is 38.8 Å². The predicted octanol–water partition coefficient (Wildman–Crippen LogP) is 0.761. The number of nitrogens with zero attached hydrogens (tertiary/aromatic N) is 4. The van der Waals surface area contributed by atoms with Crippen molar-refractivity contribution in [2.75, 3.05) is 33.8 Å². The number of nitrogens with two attached hydrogens (primary N) is 1. The first-order valence-electron chi connectivity index (χ1n) is 7.64. The molecule has 1 fully saturated rings. The van der Waals surface area contributed by atoms with E-state index in [1.165, 1.54) is 0 Å². The van der Waals surface area contributed by atoms with Crippen LogP contribution in [0.25, 0.3) is 0 Å². The Morgan fingerprint density at radius 1 is 1.29 bits per heavy atom. The fourth-order valence-electron chi connectivity index (χ4n) is 3.43. The van der Waals surface area contributed by atoms with Crippen molar-refractivity contribution in [3.8, 4) is 5.88 Å². The maximum absolute atomic E-state index is 6.12. The van der Waals surface area contributed by atoms with Gasteiger partial charge in [-0.2, -0.15) is 5.10 Å². The summed E-state index contributed by atoms with van der Waals surface area (Å²) in [5.41, 5.74) is 8.25. The molecule has 3 atom stereocenters. The van der Waals surface area contributed by atoms with Gasteiger partial charge < -0.3 is 10.5 Å². The van der Waals surface area contributed by atoms with Crippen LogP contribution in [0.4, 0.5) is 0 Å². The molecule has 2 N–H and O–H groups in total. The largest absolute Gasteiger partial charge is 0.481 e. The van der Waals surface area contributed by atoms with Gasteiger partial charge in [0.25, 0.3) is 0 Å². The van der Waals surface area contributed by atoms with Crippen LogP contribution in [0.5, 0.6) is 5.88 Å². The van der Waals surface area contributed by atoms with E-state index in [2.05, 4.69) is 35.8 Å². The molecule has 1 aromatic rings. The van der Waals surface area contributed by atoms with Crippen LogP contribution in [0.15, 0.2) is 0 Å². The molecule has 120 valence electrons. The van der Waals surface area contributed by atoms with Crippen molar-refractivity contribution < 1.29 is 4.74 Å². The van der Waals surface area contributed by atoms with Crippen molar-refractivity contribution in [1.29, 1.82) is 0 Å². The van der Waals surface area contributed by atoms with E-state index in [4.69, 9.17) is 10.5 Å². The van der Waals surface area contributed by atoms with Crippen molar-refractivity contribution in [2.24, 2.45) is 12.8 Å². The minimum absolute atomic E-state index is 0.159. The highest BCUT2D eigenvalue weighted by Crippen LogP contribution is 2.33. The van der Waals surface area contributed by atoms with Gasteiger partial charge in [0.05, 0.1) is 24.4 Å². The molecule has 0 radical (unpaired) electrons. The second-order valence-corrected chi connectivity index (χ2v) is 6.20. The molecule has 2 rings (SSSR count). The monoisotopic (exact) mass is 295 g/mol. The summed E-state index contributed by atoms with van der Waals surface area (Å²) in [5.74, 6) is 0.821. The first-order chi connectivity index (χ1) is 9.90. The zero-order valence-corrected chi connectivity index (χ0v) is 14.1. The van der Waals surface area contributed by atoms with Crippen molar-refractivity contribution in [2.45, 2.75) is 38.9 Å². The molecule has 2 heterocycles. The van der Waals surface area contributed by atoms with Gasteiger partial charge in [-0.3, -0.25) is 9.80 Å². The fourth-order valence-corrected chi connectivity index (χ4v) is 3.43. The van der Waals surface area contributed by atoms with Gasteiger partial charge in [0.2, 0.25) is 5.88 Å². The van der Waals surface area contributed by atoms with Crippen LogP contribution >= 0.6 is 0 Å². The molecular formula is C15H29N5O. The third-order valence-corrected chi connectivity index (χ3v) is 4.79. The lowest BCUT2D eigenvalue weighted by Crippen LogP contribution is -2.56. The van der Waals surface area contributed by atoms with Crippen molar-refractivity contribution in [3.63, 3.8) is 0 Å². The van der Waals surface area contributed by atoms with Crippen LogP contribution in [0.1, 0.15) is 31.1 Å². The zero-order chi connectivity index (χ0) is 15.7. The summed E-state index contributed by atoms with van der Waals surface area (Å²) in [6.07, 6.45) is 0. The first kappa shape index (κ1) is 16.3. The summed E-state index contributed by atoms with van der Waals surface area (Å²) < 4.78 is 7.36. The SMILES string of the molecule is COc1c(C(CN)N2CC(C)N(C)C(C)C2)c(C)nn1C. The number of piperazine rings is 1. The summed E-state index contributed by atoms with van der Waals surface area (Å²) in [5, 5.41) is 4.50. The van der Waals surface area contributed by atoms with Gasteiger partial charge in [-0.05, 0) is 27.8 Å². The Labute approximate surface area is 127 Å². The third-order valence-electron chi connectivity index (χ3n) is 4.79. The van der Waals surface area contributed by atoms with Crippen LogP contribution < -0.4 is 10.5 Å². The fraction of sp³-hybridized carbons (Fsp3) is 0.800. The molecule has 1 aliphatic heterocycles. The first-order valence-corrected chi connectivity index (χ1v) is 7.64. The van der Waals surface area contributed by atoms with Crippen LogP contribution in [-0.4, -0.2) is 65.5 Å². The Kier molecular flexibility index (Phi) is 4.91. The number of hydrogen-bond acceptors (Lipinski definition) is 5. The highest BCUT2D eigenvalue weighted by molar-refractivity contribution is 5.34. The van der Waals surface area contributed by atoms with E-state index in [1.54, 1.807) is 11.8 Å². The molecule has 1 aliphatic rings. The van der Waals surface area contributed by atoms with E-state index >= 15 is 0 Å². The average molecular weight is 295 g/mol. The van der Waals surface area contributed by atoms with Gasteiger partial charge in [-0.25, -0.2) is 4.68 Å². The van der Waals surface area contributed by atoms with Gasteiger partial charge in [0.1, 0.15) is 0 Å². The summed E-state index contributed by atoms with van der Waals surface area (Å²) in [7, 11) is 5.81. The number of aromatic nitrogens is 2. The second-order valence-electron chi connectivity index (χ2n) is 6.20. The molecule has 0 aliphatic carbocycles. The van der Waals surface area contributed by atoms with Gasteiger partial charge in [0.15, 0.2) is 0 Å². The standard InChI is InChI=1S/C15H29N5O/c1-10-8-20(9-11(2)18(10)4)13(7-16)14-12(3)17-19(5)15(14)21-6/h10-11,13H,7-9,16H2,1-6H3. The molecule has 0 aromatic carbocycles. The maximum Gasteiger partial charge on any atom is 0.216 e. The minimum atomic E-state index is 0.159. The molecule has 1 aromatic heterocycles. The number of hydrogen-bond donors (Lipinski definition) is 1. The summed E-state index contributed by atoms with van der Waals surface area (Å²) in [6, 6.07) is 1.20. The predicted molar refractivity (Wildman–Crippen MR) is 84.6 cm³/mol. The molecule has 21 heavy (non-hydrogen) atoms. The van der Waals surface area contributed by atoms with Crippen LogP contribution in [0.2, 0.25) is 0 Å². The summed E-state index contributed by atoms with van der Waals surface area (Å²) in [4.78, 5) is 4.90. The van der Waals surface area contributed by atoms with E-state index in [-0.39, 0.29) is 6.04 Å². The molecule has 0 saturated carbocycles. The van der Waals surface area contributed by atoms with E-state index in [0.29, 0.717) is 18.6 Å². The third kappa shape index (κ3) is 2.93. The van der Waals surface area contributed by atoms with Crippen molar-refractivity contribution in [1.82, 2.24) is 19.6 Å². The average Bonchev–Trinajstić information content (AvgIpc) is 2.71. The minimum Gasteiger partial charge on any atom is -0.481 e. The number of rotatable bonds is 4. The van der Waals surface area contributed by atoms with E-state index < -0.39 is 0 Å². The lowest BCUT2D eigenvalue weighted by Gasteiger charge is -2.45. The van der Waals surface area contributed by atoms with Crippen LogP contribution in [-0.2, 0) is 7.05 Å². The Bertz CT molecular complexity index is 475. The number of ether oxygens (including phenoxy) is 1. The summed E-state index contributed by atoms with van der Waals surface area (Å²) >= 11 is 0. The maximum atomic E-state index is 6.12. The lowest BCUT2D eigenvalue weighted by atomic mass is 10.0. The van der Waals surface area contributed by atoms with E-state index in [0.717, 1.165) is 30.2 Å². The zero-order valence-electron chi connectivity index (χ0n) is 14.1. The Hall–Kier alpha value is -1.11. The quantitative estimate of drug-likeness (QED) is 0.889. The molecule has 3 unspecified atom stereocenters. The Morgan fingerprint density at radius 2 is 1.86 bits per heavy atom. The molecule has 6 heteroatoms. The van der Waals surface area contributed by atoms with Gasteiger partial charge in [-0.1, -0.05) is 0 Å². The topological polar surface area (TPSA) is 59.6 Å². The van der Waals surface area contributed by atoms with Crippen molar-refractivity contribution >= 4 is 0 Å². The van der Waals surface area contributed by atoms with Crippen LogP contribution in [0, 0.1) is 6.92 Å². The number of aryl methyl sites for hydroxylation is 2. The highest BCUT2D eigenvalue weighted by Gasteiger charge is 2.34. The summed E-state index contributed by atoms with van der Waals surface area (Å²) in [6.45, 7) is 9.17. The molecular weight excluding hydrogens is 266 g/mol. The van der Waals surface area contributed by atoms with E-state index in [1.807, 2.05) is 14.0 Å². The molecule has 0 amide bonds. The Morgan fingerprint density at radius 3 is 2.33 bits per heavy atom. The smallest absolute Gasteiger partial charge is 0.216 e. The molecule has 1 saturated heterocycles. The highest BCUT2D eigenvalue weighted by atomic mass is 16.5. The molecule has 6 nitrogen and oxygen atoms in total. The molecule has 0 bridgehead atoms. The van der Waals surface area contributed by atoms with Crippen LogP contribution in [0.3, 0.4) is 0 Å². The van der Waals surface area contributed by atoms with Gasteiger partial charge >= 0.3 is 0 Å². The lowest BCUT2D eigenvalue weighted by molar-refractivity contribution is 0.0344. The number of methoxy groups -OCH3 is 1.